The molecule has 1 aliphatic heterocycles. The number of carbonyl (C=O) groups is 1. The highest BCUT2D eigenvalue weighted by Gasteiger charge is 2.51. The van der Waals surface area contributed by atoms with Gasteiger partial charge in [-0.3, -0.25) is 0 Å². The maximum atomic E-state index is 13.3. The number of fused-ring (bicyclic) bond motifs is 4. The van der Waals surface area contributed by atoms with Crippen molar-refractivity contribution in [1.82, 2.24) is 9.62 Å². The Kier molecular flexibility index (Phi) is 7.66. The quantitative estimate of drug-likeness (QED) is 0.299. The Bertz CT molecular complexity index is 1490. The van der Waals surface area contributed by atoms with Crippen LogP contribution in [-0.4, -0.2) is 36.2 Å². The summed E-state index contributed by atoms with van der Waals surface area (Å²) in [7, 11) is -3.53. The van der Waals surface area contributed by atoms with Crippen LogP contribution < -0.4 is 10.0 Å². The van der Waals surface area contributed by atoms with Crippen LogP contribution in [0.1, 0.15) is 74.6 Å². The molecule has 7 rings (SSSR count). The highest BCUT2D eigenvalue weighted by molar-refractivity contribution is 7.89. The van der Waals surface area contributed by atoms with E-state index in [1.54, 1.807) is 0 Å². The van der Waals surface area contributed by atoms with Gasteiger partial charge in [0.05, 0.1) is 18.0 Å². The van der Waals surface area contributed by atoms with Gasteiger partial charge >= 0.3 is 6.03 Å². The molecule has 0 spiro atoms. The number of anilines is 1. The maximum absolute atomic E-state index is 13.3. The minimum Gasteiger partial charge on any atom is -0.370 e. The van der Waals surface area contributed by atoms with Gasteiger partial charge in [-0.2, -0.15) is 0 Å². The average Bonchev–Trinajstić information content (AvgIpc) is 3.42. The first kappa shape index (κ1) is 28.9. The Hall–Kier alpha value is -3.20. The third-order valence-electron chi connectivity index (χ3n) is 9.50. The molecule has 0 radical (unpaired) electrons. The molecule has 0 saturated heterocycles. The summed E-state index contributed by atoms with van der Waals surface area (Å²) < 4.78 is 35.8. The number of ether oxygens (including phenoxy) is 1. The first-order valence-corrected chi connectivity index (χ1v) is 16.6. The van der Waals surface area contributed by atoms with Crippen LogP contribution in [-0.2, 0) is 39.9 Å². The van der Waals surface area contributed by atoms with Crippen LogP contribution >= 0.6 is 0 Å². The monoisotopic (exact) mass is 587 g/mol. The fourth-order valence-electron chi connectivity index (χ4n) is 7.08. The van der Waals surface area contributed by atoms with Gasteiger partial charge in [0.15, 0.2) is 0 Å². The van der Waals surface area contributed by atoms with Crippen molar-refractivity contribution in [3.05, 3.63) is 101 Å². The lowest BCUT2D eigenvalue weighted by Crippen LogP contribution is -2.59. The minimum absolute atomic E-state index is 0.0599. The van der Waals surface area contributed by atoms with Crippen molar-refractivity contribution in [3.63, 3.8) is 0 Å². The summed E-state index contributed by atoms with van der Waals surface area (Å²) >= 11 is 0. The topological polar surface area (TPSA) is 87.7 Å². The Morgan fingerprint density at radius 1 is 0.833 bits per heavy atom. The molecule has 3 aromatic carbocycles. The number of nitrogens with zero attached hydrogens (tertiary/aromatic N) is 1. The molecule has 2 N–H and O–H groups in total. The third kappa shape index (κ3) is 6.26. The van der Waals surface area contributed by atoms with E-state index in [-0.39, 0.29) is 22.7 Å². The lowest BCUT2D eigenvalue weighted by molar-refractivity contribution is -0.0128. The van der Waals surface area contributed by atoms with Crippen molar-refractivity contribution in [2.45, 2.75) is 88.6 Å². The molecular weight excluding hydrogens is 546 g/mol. The average molecular weight is 588 g/mol. The van der Waals surface area contributed by atoms with Gasteiger partial charge in [0.25, 0.3) is 0 Å². The van der Waals surface area contributed by atoms with Crippen molar-refractivity contribution in [2.24, 2.45) is 0 Å². The normalized spacial score (nSPS) is 23.5. The Balaban J connectivity index is 1.03. The molecule has 222 valence electrons. The van der Waals surface area contributed by atoms with Crippen LogP contribution in [0.15, 0.2) is 78.9 Å². The van der Waals surface area contributed by atoms with E-state index in [1.165, 1.54) is 16.7 Å². The highest BCUT2D eigenvalue weighted by atomic mass is 32.2. The van der Waals surface area contributed by atoms with Crippen LogP contribution in [0.2, 0.25) is 0 Å². The summed E-state index contributed by atoms with van der Waals surface area (Å²) in [5.74, 6) is -0.0730. The van der Waals surface area contributed by atoms with Crippen molar-refractivity contribution in [2.75, 3.05) is 11.1 Å². The second-order valence-corrected chi connectivity index (χ2v) is 14.8. The van der Waals surface area contributed by atoms with E-state index < -0.39 is 15.6 Å². The molecule has 3 fully saturated rings. The second-order valence-electron chi connectivity index (χ2n) is 13.1. The van der Waals surface area contributed by atoms with Crippen molar-refractivity contribution >= 4 is 21.7 Å². The largest absolute Gasteiger partial charge is 0.370 e. The van der Waals surface area contributed by atoms with Gasteiger partial charge in [0, 0.05) is 24.3 Å². The summed E-state index contributed by atoms with van der Waals surface area (Å²) in [5.41, 5.74) is 4.38. The molecule has 2 amide bonds. The van der Waals surface area contributed by atoms with Crippen LogP contribution in [0.25, 0.3) is 0 Å². The molecule has 0 aromatic heterocycles. The molecule has 3 aliphatic carbocycles. The van der Waals surface area contributed by atoms with E-state index in [4.69, 9.17) is 4.74 Å². The Morgan fingerprint density at radius 3 is 2.00 bits per heavy atom. The number of carbonyl (C=O) groups excluding carboxylic acids is 1. The zero-order chi connectivity index (χ0) is 29.4. The number of hydrogen-bond acceptors (Lipinski definition) is 4. The van der Waals surface area contributed by atoms with E-state index in [9.17, 15) is 13.2 Å². The van der Waals surface area contributed by atoms with Gasteiger partial charge in [-0.05, 0) is 92.2 Å². The summed E-state index contributed by atoms with van der Waals surface area (Å²) in [6.07, 6.45) is 5.31. The van der Waals surface area contributed by atoms with Crippen molar-refractivity contribution in [3.8, 4) is 0 Å². The number of sulfonamides is 1. The first-order valence-electron chi connectivity index (χ1n) is 15.0. The molecule has 0 atom stereocenters. The number of urea groups is 1. The van der Waals surface area contributed by atoms with E-state index in [2.05, 4.69) is 34.3 Å². The lowest BCUT2D eigenvalue weighted by atomic mass is 9.55. The van der Waals surface area contributed by atoms with Crippen LogP contribution in [0.3, 0.4) is 0 Å². The predicted octanol–water partition coefficient (Wildman–Crippen LogP) is 6.49. The lowest BCUT2D eigenvalue weighted by Gasteiger charge is -2.54. The van der Waals surface area contributed by atoms with Crippen LogP contribution in [0.4, 0.5) is 10.5 Å². The number of benzene rings is 3. The fraction of sp³-hybridized carbons (Fsp3) is 0.441. The summed E-state index contributed by atoms with van der Waals surface area (Å²) in [6, 6.07) is 26.2. The van der Waals surface area contributed by atoms with Gasteiger partial charge in [-0.1, -0.05) is 66.7 Å². The molecule has 7 nitrogen and oxygen atoms in total. The van der Waals surface area contributed by atoms with E-state index in [0.717, 1.165) is 49.8 Å². The predicted molar refractivity (Wildman–Crippen MR) is 165 cm³/mol. The third-order valence-corrected chi connectivity index (χ3v) is 11.3. The molecular formula is C34H41N3O4S. The number of nitrogens with one attached hydrogen (secondary N) is 2. The SMILES string of the molecule is CC(C)(CS(=O)(=O)NC12CCC(c3ccc(NC(=O)N4Cc5ccccc5C4)cc3)(CC1)CC2)OCc1ccccc1. The molecule has 1 heterocycles. The van der Waals surface area contributed by atoms with E-state index in [1.807, 2.05) is 73.3 Å². The maximum Gasteiger partial charge on any atom is 0.322 e. The molecule has 8 heteroatoms. The molecule has 0 unspecified atom stereocenters. The standard InChI is InChI=1S/C34H41N3O4S/c1-32(2,41-24-26-8-4-3-5-9-26)25-42(39,40)36-34-19-16-33(17-20-34,18-21-34)29-12-14-30(15-13-29)35-31(38)37-22-27-10-6-7-11-28(27)23-37/h3-15,36H,16-25H2,1-2H3,(H,35,38). The zero-order valence-corrected chi connectivity index (χ0v) is 25.4. The number of hydrogen-bond donors (Lipinski definition) is 2. The van der Waals surface area contributed by atoms with Gasteiger partial charge in [0.1, 0.15) is 0 Å². The Labute approximate surface area is 249 Å². The van der Waals surface area contributed by atoms with E-state index in [0.29, 0.717) is 19.7 Å². The summed E-state index contributed by atoms with van der Waals surface area (Å²) in [4.78, 5) is 14.7. The second kappa shape index (κ2) is 11.1. The molecule has 3 saturated carbocycles. The van der Waals surface area contributed by atoms with E-state index >= 15 is 0 Å². The molecule has 3 aromatic rings. The van der Waals surface area contributed by atoms with Gasteiger partial charge in [-0.15, -0.1) is 0 Å². The van der Waals surface area contributed by atoms with Gasteiger partial charge < -0.3 is 15.0 Å². The number of rotatable bonds is 9. The summed E-state index contributed by atoms with van der Waals surface area (Å²) in [6.45, 7) is 5.33. The first-order chi connectivity index (χ1) is 20.0. The smallest absolute Gasteiger partial charge is 0.322 e. The molecule has 42 heavy (non-hydrogen) atoms. The summed E-state index contributed by atoms with van der Waals surface area (Å²) in [5, 5.41) is 3.06. The fourth-order valence-corrected chi connectivity index (χ4v) is 9.11. The van der Waals surface area contributed by atoms with Crippen molar-refractivity contribution in [1.29, 1.82) is 0 Å². The minimum atomic E-state index is -3.53. The molecule has 4 aliphatic rings. The number of amides is 2. The van der Waals surface area contributed by atoms with Crippen LogP contribution in [0.5, 0.6) is 0 Å². The van der Waals surface area contributed by atoms with Gasteiger partial charge in [0.2, 0.25) is 10.0 Å². The van der Waals surface area contributed by atoms with Gasteiger partial charge in [-0.25, -0.2) is 17.9 Å². The van der Waals surface area contributed by atoms with Crippen LogP contribution in [0, 0.1) is 0 Å². The van der Waals surface area contributed by atoms with Crippen molar-refractivity contribution < 1.29 is 17.9 Å². The zero-order valence-electron chi connectivity index (χ0n) is 24.6. The molecule has 2 bridgehead atoms. The highest BCUT2D eigenvalue weighted by Crippen LogP contribution is 2.54. The Morgan fingerprint density at radius 2 is 1.40 bits per heavy atom.